The minimum atomic E-state index is -0.332. The van der Waals surface area contributed by atoms with Gasteiger partial charge >= 0.3 is 0 Å². The van der Waals surface area contributed by atoms with E-state index in [0.717, 1.165) is 5.56 Å². The van der Waals surface area contributed by atoms with E-state index in [2.05, 4.69) is 16.7 Å². The summed E-state index contributed by atoms with van der Waals surface area (Å²) in [5, 5.41) is 15.7. The monoisotopic (exact) mass is 400 g/mol. The van der Waals surface area contributed by atoms with Crippen LogP contribution in [-0.2, 0) is 11.3 Å². The molecule has 0 fully saturated rings. The lowest BCUT2D eigenvalue weighted by Gasteiger charge is -2.10. The van der Waals surface area contributed by atoms with E-state index >= 15 is 0 Å². The molecule has 0 saturated carbocycles. The summed E-state index contributed by atoms with van der Waals surface area (Å²) in [6.07, 6.45) is 1.58. The number of amides is 1. The lowest BCUT2D eigenvalue weighted by Crippen LogP contribution is -2.31. The molecule has 0 aliphatic carbocycles. The van der Waals surface area contributed by atoms with Gasteiger partial charge in [0, 0.05) is 12.7 Å². The summed E-state index contributed by atoms with van der Waals surface area (Å²) in [7, 11) is 0. The van der Waals surface area contributed by atoms with Crippen LogP contribution in [0.25, 0.3) is 5.52 Å². The first kappa shape index (κ1) is 18.8. The zero-order valence-corrected chi connectivity index (χ0v) is 15.5. The number of hydrogen-bond acceptors (Lipinski definition) is 4. The molecule has 0 aliphatic heterocycles. The molecule has 0 radical (unpaired) electrons. The Morgan fingerprint density at radius 1 is 1.15 bits per heavy atom. The zero-order valence-electron chi connectivity index (χ0n) is 14.0. The number of anilines is 1. The molecule has 2 heterocycles. The van der Waals surface area contributed by atoms with Crippen molar-refractivity contribution < 1.29 is 4.79 Å². The summed E-state index contributed by atoms with van der Waals surface area (Å²) in [5.74, 6) is -0.308. The number of carbonyl (C=O) groups excluding carboxylic acids is 1. The molecule has 0 unspecified atom stereocenters. The Hall–Kier alpha value is -3.01. The molecule has 0 spiro atoms. The van der Waals surface area contributed by atoms with Gasteiger partial charge in [-0.05, 0) is 35.9 Å². The number of aromatic nitrogens is 1. The van der Waals surface area contributed by atoms with Crippen molar-refractivity contribution in [3.05, 3.63) is 80.2 Å². The van der Waals surface area contributed by atoms with E-state index in [9.17, 15) is 14.9 Å². The highest BCUT2D eigenvalue weighted by atomic mass is 35.5. The number of pyridine rings is 2. The number of nitrogens with one attached hydrogen (secondary N) is 2. The molecule has 3 aromatic rings. The summed E-state index contributed by atoms with van der Waals surface area (Å²) < 4.78 is 1.37. The van der Waals surface area contributed by atoms with Gasteiger partial charge < -0.3 is 10.6 Å². The fraction of sp³-hybridized carbons (Fsp3) is 0.105. The van der Waals surface area contributed by atoms with Crippen LogP contribution < -0.4 is 16.2 Å². The Kier molecular flexibility index (Phi) is 5.65. The van der Waals surface area contributed by atoms with Crippen LogP contribution in [0.3, 0.4) is 0 Å². The van der Waals surface area contributed by atoms with Crippen LogP contribution in [0.1, 0.15) is 11.1 Å². The second-order valence-electron chi connectivity index (χ2n) is 5.72. The maximum Gasteiger partial charge on any atom is 0.278 e. The number of nitriles is 1. The smallest absolute Gasteiger partial charge is 0.278 e. The zero-order chi connectivity index (χ0) is 19.4. The van der Waals surface area contributed by atoms with E-state index in [1.807, 2.05) is 0 Å². The maximum atomic E-state index is 12.5. The number of benzene rings is 1. The third-order valence-electron chi connectivity index (χ3n) is 3.91. The van der Waals surface area contributed by atoms with Gasteiger partial charge in [0.15, 0.2) is 0 Å². The topological polar surface area (TPSA) is 86.4 Å². The lowest BCUT2D eigenvalue weighted by atomic mass is 10.2. The van der Waals surface area contributed by atoms with E-state index in [0.29, 0.717) is 21.1 Å². The molecular formula is C19H14Cl2N4O2. The van der Waals surface area contributed by atoms with Crippen LogP contribution >= 0.6 is 23.2 Å². The number of nitrogens with zero attached hydrogens (tertiary/aromatic N) is 2. The summed E-state index contributed by atoms with van der Waals surface area (Å²) in [5.41, 5.74) is 1.51. The summed E-state index contributed by atoms with van der Waals surface area (Å²) >= 11 is 11.8. The number of rotatable bonds is 5. The van der Waals surface area contributed by atoms with Gasteiger partial charge in [-0.15, -0.1) is 0 Å². The number of halogens is 2. The standard InChI is InChI=1S/C19H14Cl2N4O2/c20-14-5-4-12(7-15(14)21)10-24-18(26)11-23-16-8-13(9-22)17-3-1-2-6-25(17)19(16)27/h1-8,23H,10-11H2,(H,24,26). The molecule has 3 rings (SSSR count). The quantitative estimate of drug-likeness (QED) is 0.688. The Balaban J connectivity index is 1.68. The molecular weight excluding hydrogens is 387 g/mol. The van der Waals surface area contributed by atoms with Crippen LogP contribution in [0.5, 0.6) is 0 Å². The molecule has 1 amide bonds. The molecule has 0 atom stereocenters. The summed E-state index contributed by atoms with van der Waals surface area (Å²) in [4.78, 5) is 24.6. The summed E-state index contributed by atoms with van der Waals surface area (Å²) in [6, 6.07) is 13.7. The Bertz CT molecular complexity index is 1120. The van der Waals surface area contributed by atoms with Crippen molar-refractivity contribution in [2.75, 3.05) is 11.9 Å². The van der Waals surface area contributed by atoms with E-state index in [1.165, 1.54) is 10.5 Å². The number of hydrogen-bond donors (Lipinski definition) is 2. The van der Waals surface area contributed by atoms with Gasteiger partial charge in [0.25, 0.3) is 5.56 Å². The summed E-state index contributed by atoms with van der Waals surface area (Å²) in [6.45, 7) is 0.165. The number of carbonyl (C=O) groups is 1. The van der Waals surface area contributed by atoms with Crippen LogP contribution in [0.4, 0.5) is 5.69 Å². The van der Waals surface area contributed by atoms with Gasteiger partial charge in [0.2, 0.25) is 5.91 Å². The van der Waals surface area contributed by atoms with Gasteiger partial charge in [0.1, 0.15) is 11.8 Å². The normalized spacial score (nSPS) is 10.4. The predicted octanol–water partition coefficient (Wildman–Crippen LogP) is 3.21. The largest absolute Gasteiger partial charge is 0.372 e. The van der Waals surface area contributed by atoms with Crippen LogP contribution in [-0.4, -0.2) is 16.9 Å². The van der Waals surface area contributed by atoms with Gasteiger partial charge in [-0.2, -0.15) is 5.26 Å². The molecule has 0 saturated heterocycles. The van der Waals surface area contributed by atoms with Crippen molar-refractivity contribution in [3.63, 3.8) is 0 Å². The van der Waals surface area contributed by atoms with Gasteiger partial charge in [-0.1, -0.05) is 35.3 Å². The third kappa shape index (κ3) is 4.22. The Morgan fingerprint density at radius 3 is 2.70 bits per heavy atom. The van der Waals surface area contributed by atoms with Gasteiger partial charge in [0.05, 0.1) is 27.7 Å². The fourth-order valence-electron chi connectivity index (χ4n) is 2.55. The molecule has 8 heteroatoms. The first-order valence-electron chi connectivity index (χ1n) is 7.98. The molecule has 0 aliphatic rings. The molecule has 2 N–H and O–H groups in total. The lowest BCUT2D eigenvalue weighted by molar-refractivity contribution is -0.119. The fourth-order valence-corrected chi connectivity index (χ4v) is 2.87. The minimum Gasteiger partial charge on any atom is -0.372 e. The molecule has 136 valence electrons. The SMILES string of the molecule is N#Cc1cc(NCC(=O)NCc2ccc(Cl)c(Cl)c2)c(=O)n2ccccc12. The van der Waals surface area contributed by atoms with E-state index in [1.54, 1.807) is 42.6 Å². The second-order valence-corrected chi connectivity index (χ2v) is 6.54. The third-order valence-corrected chi connectivity index (χ3v) is 4.65. The van der Waals surface area contributed by atoms with Gasteiger partial charge in [-0.25, -0.2) is 0 Å². The van der Waals surface area contributed by atoms with Crippen LogP contribution in [0.15, 0.2) is 53.5 Å². The van der Waals surface area contributed by atoms with Crippen molar-refractivity contribution in [3.8, 4) is 6.07 Å². The van der Waals surface area contributed by atoms with Crippen LogP contribution in [0, 0.1) is 11.3 Å². The average molecular weight is 401 g/mol. The highest BCUT2D eigenvalue weighted by molar-refractivity contribution is 6.42. The first-order valence-corrected chi connectivity index (χ1v) is 8.74. The van der Waals surface area contributed by atoms with Crippen molar-refractivity contribution >= 4 is 40.3 Å². The maximum absolute atomic E-state index is 12.5. The molecule has 27 heavy (non-hydrogen) atoms. The number of fused-ring (bicyclic) bond motifs is 1. The molecule has 0 bridgehead atoms. The first-order chi connectivity index (χ1) is 13.0. The average Bonchev–Trinajstić information content (AvgIpc) is 2.68. The highest BCUT2D eigenvalue weighted by Crippen LogP contribution is 2.22. The van der Waals surface area contributed by atoms with E-state index < -0.39 is 0 Å². The van der Waals surface area contributed by atoms with E-state index in [-0.39, 0.29) is 30.2 Å². The van der Waals surface area contributed by atoms with Crippen molar-refractivity contribution in [2.45, 2.75) is 6.54 Å². The predicted molar refractivity (Wildman–Crippen MR) is 105 cm³/mol. The van der Waals surface area contributed by atoms with Gasteiger partial charge in [-0.3, -0.25) is 14.0 Å². The Labute approximate surface area is 164 Å². The van der Waals surface area contributed by atoms with E-state index in [4.69, 9.17) is 23.2 Å². The van der Waals surface area contributed by atoms with Crippen molar-refractivity contribution in [1.82, 2.24) is 9.72 Å². The molecule has 6 nitrogen and oxygen atoms in total. The molecule has 1 aromatic carbocycles. The van der Waals surface area contributed by atoms with Crippen molar-refractivity contribution in [1.29, 1.82) is 5.26 Å². The second kappa shape index (κ2) is 8.12. The van der Waals surface area contributed by atoms with Crippen LogP contribution in [0.2, 0.25) is 10.0 Å². The highest BCUT2D eigenvalue weighted by Gasteiger charge is 2.10. The molecule has 2 aromatic heterocycles. The Morgan fingerprint density at radius 2 is 1.96 bits per heavy atom. The van der Waals surface area contributed by atoms with Crippen molar-refractivity contribution in [2.24, 2.45) is 0 Å². The minimum absolute atomic E-state index is 0.111.